The van der Waals surface area contributed by atoms with Crippen molar-refractivity contribution in [1.29, 1.82) is 0 Å². The summed E-state index contributed by atoms with van der Waals surface area (Å²) in [4.78, 5) is 11.6. The smallest absolute Gasteiger partial charge is 0.321 e. The molecule has 5 nitrogen and oxygen atoms in total. The average molecular weight is 313 g/mol. The summed E-state index contributed by atoms with van der Waals surface area (Å²) in [6.45, 7) is 7.75. The highest BCUT2D eigenvalue weighted by Crippen LogP contribution is 2.14. The third-order valence-electron chi connectivity index (χ3n) is 3.15. The monoisotopic (exact) mass is 313 g/mol. The molecule has 0 radical (unpaired) electrons. The molecule has 0 unspecified atom stereocenters. The number of rotatable bonds is 7. The number of ether oxygens (including phenoxy) is 1. The van der Waals surface area contributed by atoms with Gasteiger partial charge in [0, 0.05) is 0 Å². The molecule has 0 bridgehead atoms. The summed E-state index contributed by atoms with van der Waals surface area (Å²) in [6.07, 6.45) is 0.760. The lowest BCUT2D eigenvalue weighted by atomic mass is 10.1. The van der Waals surface area contributed by atoms with Crippen molar-refractivity contribution >= 4 is 16.0 Å². The summed E-state index contributed by atoms with van der Waals surface area (Å²) in [5, 5.41) is 0. The molecule has 0 aliphatic carbocycles. The molecule has 0 aromatic heterocycles. The van der Waals surface area contributed by atoms with Crippen molar-refractivity contribution in [2.24, 2.45) is 5.92 Å². The number of sulfonamides is 1. The molecule has 118 valence electrons. The standard InChI is InChI=1S/C15H23NO4S/c1-11(2)7-8-20-15(17)10-16-21(18,19)14-6-5-12(3)13(4)9-14/h5-6,9,11,16H,7-8,10H2,1-4H3. The molecule has 21 heavy (non-hydrogen) atoms. The Hall–Kier alpha value is -1.40. The van der Waals surface area contributed by atoms with Gasteiger partial charge in [0.15, 0.2) is 0 Å². The van der Waals surface area contributed by atoms with Crippen LogP contribution in [0.5, 0.6) is 0 Å². The summed E-state index contributed by atoms with van der Waals surface area (Å²) in [7, 11) is -3.69. The summed E-state index contributed by atoms with van der Waals surface area (Å²) in [5.74, 6) is -0.131. The molecule has 0 saturated carbocycles. The van der Waals surface area contributed by atoms with Gasteiger partial charge >= 0.3 is 5.97 Å². The quantitative estimate of drug-likeness (QED) is 0.783. The largest absolute Gasteiger partial charge is 0.465 e. The Kier molecular flexibility index (Phi) is 6.36. The molecule has 1 aromatic rings. The van der Waals surface area contributed by atoms with Gasteiger partial charge in [-0.05, 0) is 49.4 Å². The van der Waals surface area contributed by atoms with Crippen LogP contribution in [-0.2, 0) is 19.6 Å². The summed E-state index contributed by atoms with van der Waals surface area (Å²) < 4.78 is 31.3. The Bertz CT molecular complexity index is 594. The highest BCUT2D eigenvalue weighted by molar-refractivity contribution is 7.89. The van der Waals surface area contributed by atoms with Gasteiger partial charge in [-0.15, -0.1) is 0 Å². The van der Waals surface area contributed by atoms with Gasteiger partial charge < -0.3 is 4.74 Å². The van der Waals surface area contributed by atoms with Crippen LogP contribution in [0, 0.1) is 19.8 Å². The van der Waals surface area contributed by atoms with Crippen LogP contribution in [0.1, 0.15) is 31.4 Å². The van der Waals surface area contributed by atoms with Gasteiger partial charge in [0.25, 0.3) is 0 Å². The van der Waals surface area contributed by atoms with Crippen molar-refractivity contribution in [2.75, 3.05) is 13.2 Å². The van der Waals surface area contributed by atoms with E-state index in [0.717, 1.165) is 17.5 Å². The molecular formula is C15H23NO4S. The minimum atomic E-state index is -3.69. The van der Waals surface area contributed by atoms with Crippen LogP contribution in [0.3, 0.4) is 0 Å². The maximum atomic E-state index is 12.1. The van der Waals surface area contributed by atoms with E-state index < -0.39 is 16.0 Å². The predicted molar refractivity (Wildman–Crippen MR) is 81.5 cm³/mol. The minimum absolute atomic E-state index is 0.153. The van der Waals surface area contributed by atoms with Crippen LogP contribution in [-0.4, -0.2) is 27.5 Å². The Morgan fingerprint density at radius 1 is 1.24 bits per heavy atom. The van der Waals surface area contributed by atoms with E-state index in [1.165, 1.54) is 6.07 Å². The lowest BCUT2D eigenvalue weighted by Crippen LogP contribution is -2.31. The van der Waals surface area contributed by atoms with Crippen molar-refractivity contribution in [1.82, 2.24) is 4.72 Å². The number of esters is 1. The lowest BCUT2D eigenvalue weighted by Gasteiger charge is -2.09. The highest BCUT2D eigenvalue weighted by Gasteiger charge is 2.16. The van der Waals surface area contributed by atoms with Crippen molar-refractivity contribution in [3.63, 3.8) is 0 Å². The summed E-state index contributed by atoms with van der Waals surface area (Å²) in [5.41, 5.74) is 1.90. The third-order valence-corrected chi connectivity index (χ3v) is 4.55. The molecule has 0 spiro atoms. The molecule has 0 amide bonds. The van der Waals surface area contributed by atoms with Gasteiger partial charge in [-0.3, -0.25) is 4.79 Å². The first-order chi connectivity index (χ1) is 9.72. The van der Waals surface area contributed by atoms with Gasteiger partial charge in [-0.2, -0.15) is 4.72 Å². The molecule has 1 rings (SSSR count). The van der Waals surface area contributed by atoms with E-state index in [4.69, 9.17) is 4.74 Å². The Labute approximate surface area is 126 Å². The number of nitrogens with one attached hydrogen (secondary N) is 1. The second kappa shape index (κ2) is 7.56. The second-order valence-electron chi connectivity index (χ2n) is 5.47. The zero-order chi connectivity index (χ0) is 16.0. The fraction of sp³-hybridized carbons (Fsp3) is 0.533. The van der Waals surface area contributed by atoms with Crippen molar-refractivity contribution < 1.29 is 17.9 Å². The Morgan fingerprint density at radius 3 is 2.48 bits per heavy atom. The maximum absolute atomic E-state index is 12.1. The zero-order valence-corrected chi connectivity index (χ0v) is 13.8. The van der Waals surface area contributed by atoms with Gasteiger partial charge in [-0.1, -0.05) is 19.9 Å². The van der Waals surface area contributed by atoms with Gasteiger partial charge in [0.1, 0.15) is 6.54 Å². The maximum Gasteiger partial charge on any atom is 0.321 e. The first kappa shape index (κ1) is 17.7. The van der Waals surface area contributed by atoms with Crippen LogP contribution < -0.4 is 4.72 Å². The van der Waals surface area contributed by atoms with Gasteiger partial charge in [-0.25, -0.2) is 8.42 Å². The fourth-order valence-corrected chi connectivity index (χ4v) is 2.63. The molecule has 6 heteroatoms. The Balaban J connectivity index is 2.56. The first-order valence-corrected chi connectivity index (χ1v) is 8.43. The van der Waals surface area contributed by atoms with Crippen LogP contribution >= 0.6 is 0 Å². The number of carbonyl (C=O) groups excluding carboxylic acids is 1. The first-order valence-electron chi connectivity index (χ1n) is 6.95. The highest BCUT2D eigenvalue weighted by atomic mass is 32.2. The normalized spacial score (nSPS) is 11.7. The van der Waals surface area contributed by atoms with Crippen LogP contribution in [0.25, 0.3) is 0 Å². The van der Waals surface area contributed by atoms with E-state index in [1.54, 1.807) is 12.1 Å². The second-order valence-corrected chi connectivity index (χ2v) is 7.24. The van der Waals surface area contributed by atoms with Crippen molar-refractivity contribution in [3.05, 3.63) is 29.3 Å². The van der Waals surface area contributed by atoms with E-state index in [0.29, 0.717) is 12.5 Å². The molecular weight excluding hydrogens is 290 g/mol. The molecule has 0 aliphatic heterocycles. The molecule has 1 aromatic carbocycles. The molecule has 0 saturated heterocycles. The van der Waals surface area contributed by atoms with E-state index >= 15 is 0 Å². The number of hydrogen-bond acceptors (Lipinski definition) is 4. The number of benzene rings is 1. The number of carbonyl (C=O) groups is 1. The minimum Gasteiger partial charge on any atom is -0.465 e. The molecule has 0 fully saturated rings. The third kappa shape index (κ3) is 5.85. The molecule has 0 atom stereocenters. The van der Waals surface area contributed by atoms with E-state index in [1.807, 2.05) is 27.7 Å². The fourth-order valence-electron chi connectivity index (χ4n) is 1.58. The van der Waals surface area contributed by atoms with Gasteiger partial charge in [0.05, 0.1) is 11.5 Å². The Morgan fingerprint density at radius 2 is 1.90 bits per heavy atom. The summed E-state index contributed by atoms with van der Waals surface area (Å²) >= 11 is 0. The predicted octanol–water partition coefficient (Wildman–Crippen LogP) is 2.17. The summed E-state index contributed by atoms with van der Waals surface area (Å²) in [6, 6.07) is 4.85. The van der Waals surface area contributed by atoms with Crippen molar-refractivity contribution in [2.45, 2.75) is 39.0 Å². The van der Waals surface area contributed by atoms with Crippen LogP contribution in [0.4, 0.5) is 0 Å². The lowest BCUT2D eigenvalue weighted by molar-refractivity contribution is -0.142. The van der Waals surface area contributed by atoms with E-state index in [2.05, 4.69) is 4.72 Å². The number of hydrogen-bond donors (Lipinski definition) is 1. The van der Waals surface area contributed by atoms with Crippen LogP contribution in [0.2, 0.25) is 0 Å². The zero-order valence-electron chi connectivity index (χ0n) is 13.0. The number of aryl methyl sites for hydroxylation is 2. The van der Waals surface area contributed by atoms with E-state index in [9.17, 15) is 13.2 Å². The molecule has 1 N–H and O–H groups in total. The SMILES string of the molecule is Cc1ccc(S(=O)(=O)NCC(=O)OCCC(C)C)cc1C. The van der Waals surface area contributed by atoms with Gasteiger partial charge in [0.2, 0.25) is 10.0 Å². The van der Waals surface area contributed by atoms with Crippen molar-refractivity contribution in [3.8, 4) is 0 Å². The van der Waals surface area contributed by atoms with E-state index in [-0.39, 0.29) is 11.4 Å². The molecule has 0 aliphatic rings. The van der Waals surface area contributed by atoms with Crippen LogP contribution in [0.15, 0.2) is 23.1 Å². The topological polar surface area (TPSA) is 72.5 Å². The molecule has 0 heterocycles. The average Bonchev–Trinajstić information content (AvgIpc) is 2.39.